The Kier molecular flexibility index (Phi) is 8.55. The first kappa shape index (κ1) is 23.3. The lowest BCUT2D eigenvalue weighted by Crippen LogP contribution is -2.52. The molecule has 0 aromatic rings. The van der Waals surface area contributed by atoms with Crippen molar-refractivity contribution in [1.82, 2.24) is 20.0 Å². The Hall–Kier alpha value is -2.03. The Morgan fingerprint density at radius 1 is 1.14 bits per heavy atom. The van der Waals surface area contributed by atoms with E-state index in [1.807, 2.05) is 20.8 Å². The fourth-order valence-electron chi connectivity index (χ4n) is 3.85. The number of likely N-dealkylation sites (tertiary alicyclic amines) is 1. The molecule has 1 atom stereocenters. The maximum Gasteiger partial charge on any atom is 0.410 e. The molecule has 2 saturated heterocycles. The number of rotatable bonds is 5. The molecule has 2 fully saturated rings. The fraction of sp³-hybridized carbons (Fsp3) is 0.850. The molecule has 166 valence electrons. The summed E-state index contributed by atoms with van der Waals surface area (Å²) in [6.07, 6.45) is 2.30. The van der Waals surface area contributed by atoms with Gasteiger partial charge in [0.2, 0.25) is 5.91 Å². The topological polar surface area (TPSA) is 104 Å². The molecule has 1 unspecified atom stereocenters. The minimum Gasteiger partial charge on any atom is -0.444 e. The number of hydrogen-bond donors (Lipinski definition) is 2. The van der Waals surface area contributed by atoms with Crippen molar-refractivity contribution in [1.29, 1.82) is 0 Å². The van der Waals surface area contributed by atoms with Crippen LogP contribution < -0.4 is 11.1 Å². The van der Waals surface area contributed by atoms with Crippen molar-refractivity contribution in [2.75, 3.05) is 59.4 Å². The van der Waals surface area contributed by atoms with Crippen LogP contribution >= 0.6 is 0 Å². The van der Waals surface area contributed by atoms with Gasteiger partial charge in [-0.15, -0.1) is 0 Å². The molecule has 0 aromatic carbocycles. The zero-order valence-electron chi connectivity index (χ0n) is 18.4. The number of ether oxygens (including phenoxy) is 1. The molecule has 0 spiro atoms. The van der Waals surface area contributed by atoms with Crippen LogP contribution in [0.1, 0.15) is 40.0 Å². The second kappa shape index (κ2) is 10.7. The highest BCUT2D eigenvalue weighted by Crippen LogP contribution is 2.19. The van der Waals surface area contributed by atoms with Crippen LogP contribution in [-0.2, 0) is 9.53 Å². The van der Waals surface area contributed by atoms with Crippen LogP contribution in [0.2, 0.25) is 0 Å². The number of nitrogens with zero attached hydrogens (tertiary/aromatic N) is 4. The number of piperazine rings is 1. The minimum absolute atomic E-state index is 0.230. The Bertz CT molecular complexity index is 581. The molecule has 0 saturated carbocycles. The third-order valence-electron chi connectivity index (χ3n) is 5.26. The first-order valence-corrected chi connectivity index (χ1v) is 10.6. The normalized spacial score (nSPS) is 21.8. The second-order valence-electron chi connectivity index (χ2n) is 8.91. The predicted molar refractivity (Wildman–Crippen MR) is 114 cm³/mol. The molecule has 29 heavy (non-hydrogen) atoms. The van der Waals surface area contributed by atoms with Crippen LogP contribution in [-0.4, -0.2) is 97.7 Å². The van der Waals surface area contributed by atoms with Crippen LogP contribution in [0.5, 0.6) is 0 Å². The van der Waals surface area contributed by atoms with Gasteiger partial charge in [-0.3, -0.25) is 14.7 Å². The Morgan fingerprint density at radius 2 is 1.83 bits per heavy atom. The van der Waals surface area contributed by atoms with Gasteiger partial charge in [0, 0.05) is 65.8 Å². The van der Waals surface area contributed by atoms with Crippen LogP contribution in [0.25, 0.3) is 0 Å². The highest BCUT2D eigenvalue weighted by Gasteiger charge is 2.26. The lowest BCUT2D eigenvalue weighted by Gasteiger charge is -2.36. The first-order chi connectivity index (χ1) is 13.7. The largest absolute Gasteiger partial charge is 0.444 e. The quantitative estimate of drug-likeness (QED) is 0.511. The maximum absolute atomic E-state index is 12.2. The molecule has 9 nitrogen and oxygen atoms in total. The van der Waals surface area contributed by atoms with Crippen LogP contribution in [0, 0.1) is 5.92 Å². The van der Waals surface area contributed by atoms with Crippen LogP contribution in [0.4, 0.5) is 4.79 Å². The number of nitrogens with two attached hydrogens (primary N) is 1. The number of primary amides is 1. The second-order valence-corrected chi connectivity index (χ2v) is 8.91. The van der Waals surface area contributed by atoms with E-state index in [9.17, 15) is 9.59 Å². The first-order valence-electron chi connectivity index (χ1n) is 10.6. The van der Waals surface area contributed by atoms with E-state index in [1.54, 1.807) is 11.9 Å². The minimum atomic E-state index is -0.459. The summed E-state index contributed by atoms with van der Waals surface area (Å²) < 4.78 is 5.45. The molecule has 2 aliphatic rings. The third kappa shape index (κ3) is 8.08. The van der Waals surface area contributed by atoms with E-state index in [1.165, 1.54) is 0 Å². The number of carbonyl (C=O) groups excluding carboxylic acids is 2. The Morgan fingerprint density at radius 3 is 2.41 bits per heavy atom. The Labute approximate surface area is 174 Å². The van der Waals surface area contributed by atoms with E-state index in [0.29, 0.717) is 25.4 Å². The van der Waals surface area contributed by atoms with E-state index < -0.39 is 5.60 Å². The van der Waals surface area contributed by atoms with Crippen LogP contribution in [0.15, 0.2) is 4.99 Å². The molecular formula is C20H38N6O3. The smallest absolute Gasteiger partial charge is 0.410 e. The lowest BCUT2D eigenvalue weighted by atomic mass is 9.95. The molecule has 0 bridgehead atoms. The zero-order valence-corrected chi connectivity index (χ0v) is 18.4. The van der Waals surface area contributed by atoms with Gasteiger partial charge in [-0.05, 0) is 39.5 Å². The molecule has 0 radical (unpaired) electrons. The Balaban J connectivity index is 1.70. The average Bonchev–Trinajstić information content (AvgIpc) is 2.64. The van der Waals surface area contributed by atoms with Crippen molar-refractivity contribution in [3.05, 3.63) is 0 Å². The summed E-state index contributed by atoms with van der Waals surface area (Å²) in [5, 5.41) is 3.44. The summed E-state index contributed by atoms with van der Waals surface area (Å²) in [7, 11) is 1.79. The van der Waals surface area contributed by atoms with Crippen molar-refractivity contribution < 1.29 is 14.3 Å². The number of amides is 2. The standard InChI is InChI=1S/C20H38N6O3/c1-20(2,3)29-19(28)25-12-10-24(11-13-25)9-7-23-18(22-4)26-8-5-6-16(15-26)14-17(21)27/h16H,5-15H2,1-4H3,(H2,21,27)(H,22,23). The van der Waals surface area contributed by atoms with Crippen molar-refractivity contribution in [3.63, 3.8) is 0 Å². The third-order valence-corrected chi connectivity index (χ3v) is 5.26. The number of nitrogens with one attached hydrogen (secondary N) is 1. The summed E-state index contributed by atoms with van der Waals surface area (Å²) in [5.74, 6) is 0.956. The molecule has 2 amide bonds. The van der Waals surface area contributed by atoms with Crippen LogP contribution in [0.3, 0.4) is 0 Å². The van der Waals surface area contributed by atoms with Gasteiger partial charge >= 0.3 is 6.09 Å². The van der Waals surface area contributed by atoms with Crippen molar-refractivity contribution in [3.8, 4) is 0 Å². The predicted octanol–water partition coefficient (Wildman–Crippen LogP) is 0.702. The summed E-state index contributed by atoms with van der Waals surface area (Å²) in [6.45, 7) is 12.1. The highest BCUT2D eigenvalue weighted by molar-refractivity contribution is 5.80. The van der Waals surface area contributed by atoms with E-state index >= 15 is 0 Å². The van der Waals surface area contributed by atoms with E-state index in [2.05, 4.69) is 20.1 Å². The van der Waals surface area contributed by atoms with Gasteiger partial charge < -0.3 is 25.6 Å². The number of hydrogen-bond acceptors (Lipinski definition) is 5. The summed E-state index contributed by atoms with van der Waals surface area (Å²) in [4.78, 5) is 34.1. The number of aliphatic imine (C=N–C) groups is 1. The maximum atomic E-state index is 12.2. The van der Waals surface area contributed by atoms with E-state index in [4.69, 9.17) is 10.5 Å². The van der Waals surface area contributed by atoms with E-state index in [0.717, 1.165) is 58.1 Å². The van der Waals surface area contributed by atoms with Gasteiger partial charge in [0.1, 0.15) is 5.60 Å². The van der Waals surface area contributed by atoms with E-state index in [-0.39, 0.29) is 12.0 Å². The number of carbonyl (C=O) groups is 2. The summed E-state index contributed by atoms with van der Waals surface area (Å²) in [6, 6.07) is 0. The molecule has 0 aliphatic carbocycles. The molecule has 2 aliphatic heterocycles. The summed E-state index contributed by atoms with van der Waals surface area (Å²) >= 11 is 0. The van der Waals surface area contributed by atoms with Gasteiger partial charge in [-0.1, -0.05) is 0 Å². The van der Waals surface area contributed by atoms with Crippen molar-refractivity contribution in [2.24, 2.45) is 16.6 Å². The number of piperidine rings is 1. The molecule has 2 heterocycles. The molecular weight excluding hydrogens is 372 g/mol. The molecule has 9 heteroatoms. The van der Waals surface area contributed by atoms with Gasteiger partial charge in [-0.2, -0.15) is 0 Å². The van der Waals surface area contributed by atoms with Gasteiger partial charge in [0.15, 0.2) is 5.96 Å². The SMILES string of the molecule is CN=C(NCCN1CCN(C(=O)OC(C)(C)C)CC1)N1CCCC(CC(N)=O)C1. The fourth-order valence-corrected chi connectivity index (χ4v) is 3.85. The monoisotopic (exact) mass is 410 g/mol. The molecule has 3 N–H and O–H groups in total. The van der Waals surface area contributed by atoms with Gasteiger partial charge in [0.05, 0.1) is 0 Å². The zero-order chi connectivity index (χ0) is 21.4. The molecule has 2 rings (SSSR count). The van der Waals surface area contributed by atoms with Crippen molar-refractivity contribution >= 4 is 18.0 Å². The van der Waals surface area contributed by atoms with Crippen molar-refractivity contribution in [2.45, 2.75) is 45.6 Å². The summed E-state index contributed by atoms with van der Waals surface area (Å²) in [5.41, 5.74) is 4.90. The average molecular weight is 411 g/mol. The van der Waals surface area contributed by atoms with Gasteiger partial charge in [0.25, 0.3) is 0 Å². The molecule has 0 aromatic heterocycles. The lowest BCUT2D eigenvalue weighted by molar-refractivity contribution is -0.119. The van der Waals surface area contributed by atoms with Gasteiger partial charge in [-0.25, -0.2) is 4.79 Å². The highest BCUT2D eigenvalue weighted by atomic mass is 16.6. The number of guanidine groups is 1.